The molecule has 1 N–H and O–H groups in total. The van der Waals surface area contributed by atoms with E-state index in [9.17, 15) is 4.79 Å². The van der Waals surface area contributed by atoms with Crippen molar-refractivity contribution in [3.63, 3.8) is 0 Å². The molecular formula is C27H23BrN2O2. The average Bonchev–Trinajstić information content (AvgIpc) is 2.79. The van der Waals surface area contributed by atoms with Gasteiger partial charge in [-0.15, -0.1) is 0 Å². The Morgan fingerprint density at radius 1 is 0.688 bits per heavy atom. The summed E-state index contributed by atoms with van der Waals surface area (Å²) in [6.45, 7) is 4.07. The first-order chi connectivity index (χ1) is 15.5. The van der Waals surface area contributed by atoms with Gasteiger partial charge < -0.3 is 9.64 Å². The Morgan fingerprint density at radius 2 is 1.12 bits per heavy atom. The van der Waals surface area contributed by atoms with Crippen molar-refractivity contribution < 1.29 is 9.53 Å². The van der Waals surface area contributed by atoms with Crippen LogP contribution >= 0.6 is 15.9 Å². The fraction of sp³-hybridized carbons (Fsp3) is 0.0741. The molecule has 1 amide bonds. The summed E-state index contributed by atoms with van der Waals surface area (Å²) in [6, 6.07) is 31.6. The number of anilines is 4. The Hall–Kier alpha value is -3.57. The standard InChI is InChI=1S/C27H23BrN2O2/c1-19-3-9-22(10-4-19)29-27(31)32-26-17-15-25(16-18-26)30(23-11-5-20(2)6-12-23)24-13-7-21(28)8-14-24/h3-18H,1-2H3,(H,29,31). The lowest BCUT2D eigenvalue weighted by molar-refractivity contribution is 0.215. The first kappa shape index (κ1) is 21.7. The number of hydrogen-bond acceptors (Lipinski definition) is 3. The van der Waals surface area contributed by atoms with E-state index in [4.69, 9.17) is 4.74 Å². The molecule has 4 nitrogen and oxygen atoms in total. The molecule has 0 aliphatic heterocycles. The molecule has 0 spiro atoms. The summed E-state index contributed by atoms with van der Waals surface area (Å²) in [6.07, 6.45) is -0.523. The van der Waals surface area contributed by atoms with Gasteiger partial charge in [0.05, 0.1) is 0 Å². The van der Waals surface area contributed by atoms with Crippen molar-refractivity contribution in [1.82, 2.24) is 0 Å². The van der Waals surface area contributed by atoms with Crippen LogP contribution in [0.2, 0.25) is 0 Å². The maximum Gasteiger partial charge on any atom is 0.417 e. The summed E-state index contributed by atoms with van der Waals surface area (Å²) in [7, 11) is 0. The van der Waals surface area contributed by atoms with Gasteiger partial charge in [0.1, 0.15) is 5.75 Å². The van der Waals surface area contributed by atoms with E-state index in [0.717, 1.165) is 27.1 Å². The van der Waals surface area contributed by atoms with Gasteiger partial charge in [-0.3, -0.25) is 5.32 Å². The topological polar surface area (TPSA) is 41.6 Å². The molecule has 0 aliphatic carbocycles. The van der Waals surface area contributed by atoms with Crippen LogP contribution in [-0.2, 0) is 0 Å². The third-order valence-corrected chi connectivity index (χ3v) is 5.51. The van der Waals surface area contributed by atoms with E-state index in [2.05, 4.69) is 69.5 Å². The molecule has 0 radical (unpaired) electrons. The van der Waals surface area contributed by atoms with Crippen molar-refractivity contribution in [1.29, 1.82) is 0 Å². The van der Waals surface area contributed by atoms with Crippen molar-refractivity contribution in [3.05, 3.63) is 113 Å². The van der Waals surface area contributed by atoms with E-state index >= 15 is 0 Å². The van der Waals surface area contributed by atoms with E-state index in [0.29, 0.717) is 11.4 Å². The molecule has 0 unspecified atom stereocenters. The third-order valence-electron chi connectivity index (χ3n) is 4.98. The number of ether oxygens (including phenoxy) is 1. The smallest absolute Gasteiger partial charge is 0.410 e. The minimum atomic E-state index is -0.523. The van der Waals surface area contributed by atoms with Crippen molar-refractivity contribution in [2.24, 2.45) is 0 Å². The zero-order valence-corrected chi connectivity index (χ0v) is 19.5. The molecule has 5 heteroatoms. The molecular weight excluding hydrogens is 464 g/mol. The normalized spacial score (nSPS) is 10.5. The molecule has 0 aromatic heterocycles. The first-order valence-electron chi connectivity index (χ1n) is 10.3. The predicted molar refractivity (Wildman–Crippen MR) is 134 cm³/mol. The highest BCUT2D eigenvalue weighted by molar-refractivity contribution is 9.10. The molecule has 0 atom stereocenters. The number of hydrogen-bond donors (Lipinski definition) is 1. The molecule has 160 valence electrons. The van der Waals surface area contributed by atoms with Crippen molar-refractivity contribution in [2.75, 3.05) is 10.2 Å². The van der Waals surface area contributed by atoms with Gasteiger partial charge in [0, 0.05) is 27.2 Å². The number of nitrogens with one attached hydrogen (secondary N) is 1. The lowest BCUT2D eigenvalue weighted by Crippen LogP contribution is -2.16. The van der Waals surface area contributed by atoms with Crippen LogP contribution in [-0.4, -0.2) is 6.09 Å². The van der Waals surface area contributed by atoms with E-state index in [1.165, 1.54) is 5.56 Å². The maximum absolute atomic E-state index is 12.2. The van der Waals surface area contributed by atoms with Crippen LogP contribution in [0.5, 0.6) is 5.75 Å². The number of rotatable bonds is 5. The van der Waals surface area contributed by atoms with Crippen molar-refractivity contribution >= 4 is 44.8 Å². The lowest BCUT2D eigenvalue weighted by atomic mass is 10.1. The third kappa shape index (κ3) is 5.37. The van der Waals surface area contributed by atoms with Crippen LogP contribution in [0.25, 0.3) is 0 Å². The molecule has 0 saturated carbocycles. The first-order valence-corrected chi connectivity index (χ1v) is 11.1. The van der Waals surface area contributed by atoms with Gasteiger partial charge in [0.2, 0.25) is 0 Å². The maximum atomic E-state index is 12.2. The Bertz CT molecular complexity index is 1140. The average molecular weight is 487 g/mol. The summed E-state index contributed by atoms with van der Waals surface area (Å²) in [5.74, 6) is 0.470. The number of aryl methyl sites for hydroxylation is 2. The molecule has 0 fully saturated rings. The Morgan fingerprint density at radius 3 is 1.66 bits per heavy atom. The number of nitrogens with zero attached hydrogens (tertiary/aromatic N) is 1. The van der Waals surface area contributed by atoms with Crippen LogP contribution < -0.4 is 15.0 Å². The molecule has 32 heavy (non-hydrogen) atoms. The summed E-state index contributed by atoms with van der Waals surface area (Å²) in [5.41, 5.74) is 6.06. The van der Waals surface area contributed by atoms with Gasteiger partial charge in [-0.2, -0.15) is 0 Å². The van der Waals surface area contributed by atoms with E-state index in [-0.39, 0.29) is 0 Å². The number of carbonyl (C=O) groups is 1. The van der Waals surface area contributed by atoms with E-state index in [1.54, 1.807) is 12.1 Å². The van der Waals surface area contributed by atoms with Crippen molar-refractivity contribution in [2.45, 2.75) is 13.8 Å². The number of carbonyl (C=O) groups excluding carboxylic acids is 1. The van der Waals surface area contributed by atoms with Gasteiger partial charge in [0.15, 0.2) is 0 Å². The van der Waals surface area contributed by atoms with Crippen LogP contribution in [0.1, 0.15) is 11.1 Å². The lowest BCUT2D eigenvalue weighted by Gasteiger charge is -2.25. The minimum absolute atomic E-state index is 0.470. The Labute approximate surface area is 196 Å². The van der Waals surface area contributed by atoms with Crippen LogP contribution in [0.15, 0.2) is 102 Å². The van der Waals surface area contributed by atoms with Gasteiger partial charge >= 0.3 is 6.09 Å². The zero-order chi connectivity index (χ0) is 22.5. The summed E-state index contributed by atoms with van der Waals surface area (Å²) < 4.78 is 6.47. The van der Waals surface area contributed by atoms with Crippen molar-refractivity contribution in [3.8, 4) is 5.75 Å². The van der Waals surface area contributed by atoms with Gasteiger partial charge in [0.25, 0.3) is 0 Å². The molecule has 0 heterocycles. The SMILES string of the molecule is Cc1ccc(NC(=O)Oc2ccc(N(c3ccc(C)cc3)c3ccc(Br)cc3)cc2)cc1. The second kappa shape index (κ2) is 9.71. The minimum Gasteiger partial charge on any atom is -0.410 e. The van der Waals surface area contributed by atoms with Crippen LogP contribution in [0, 0.1) is 13.8 Å². The highest BCUT2D eigenvalue weighted by Gasteiger charge is 2.13. The zero-order valence-electron chi connectivity index (χ0n) is 17.9. The summed E-state index contributed by atoms with van der Waals surface area (Å²) in [4.78, 5) is 14.4. The summed E-state index contributed by atoms with van der Waals surface area (Å²) in [5, 5.41) is 2.74. The van der Waals surface area contributed by atoms with Crippen LogP contribution in [0.3, 0.4) is 0 Å². The van der Waals surface area contributed by atoms with E-state index in [1.807, 2.05) is 55.5 Å². The van der Waals surface area contributed by atoms with Gasteiger partial charge in [-0.1, -0.05) is 51.3 Å². The molecule has 0 saturated heterocycles. The molecule has 4 aromatic rings. The largest absolute Gasteiger partial charge is 0.417 e. The Kier molecular flexibility index (Phi) is 6.57. The fourth-order valence-corrected chi connectivity index (χ4v) is 3.55. The van der Waals surface area contributed by atoms with Gasteiger partial charge in [-0.25, -0.2) is 4.79 Å². The second-order valence-corrected chi connectivity index (χ2v) is 8.44. The highest BCUT2D eigenvalue weighted by Crippen LogP contribution is 2.35. The monoisotopic (exact) mass is 486 g/mol. The quantitative estimate of drug-likeness (QED) is 0.309. The van der Waals surface area contributed by atoms with Gasteiger partial charge in [-0.05, 0) is 86.6 Å². The molecule has 4 rings (SSSR count). The number of halogens is 1. The molecule has 4 aromatic carbocycles. The second-order valence-electron chi connectivity index (χ2n) is 7.52. The van der Waals surface area contributed by atoms with E-state index < -0.39 is 6.09 Å². The highest BCUT2D eigenvalue weighted by atomic mass is 79.9. The predicted octanol–water partition coefficient (Wildman–Crippen LogP) is 8.15. The fourth-order valence-electron chi connectivity index (χ4n) is 3.28. The molecule has 0 bridgehead atoms. The number of amides is 1. The Balaban J connectivity index is 1.55. The number of benzene rings is 4. The van der Waals surface area contributed by atoms with Crippen LogP contribution in [0.4, 0.5) is 27.5 Å². The molecule has 0 aliphatic rings. The summed E-state index contributed by atoms with van der Waals surface area (Å²) >= 11 is 3.50.